The number of para-hydroxylation sites is 1. The lowest BCUT2D eigenvalue weighted by molar-refractivity contribution is 0.0469. The Hall–Kier alpha value is -3.54. The molecule has 0 N–H and O–H groups in total. The zero-order valence-electron chi connectivity index (χ0n) is 20.8. The van der Waals surface area contributed by atoms with Gasteiger partial charge in [-0.05, 0) is 55.0 Å². The molecule has 0 saturated carbocycles. The number of unbranched alkanes of at least 4 members (excludes halogenated alkanes) is 1. The van der Waals surface area contributed by atoms with Crippen LogP contribution in [0.3, 0.4) is 0 Å². The van der Waals surface area contributed by atoms with Gasteiger partial charge in [0.15, 0.2) is 0 Å². The number of hydrogen-bond donors (Lipinski definition) is 0. The zero-order valence-corrected chi connectivity index (χ0v) is 20.8. The fourth-order valence-corrected chi connectivity index (χ4v) is 4.08. The number of hydrogen-bond acceptors (Lipinski definition) is 5. The van der Waals surface area contributed by atoms with Crippen LogP contribution >= 0.6 is 0 Å². The molecule has 0 amide bonds. The Morgan fingerprint density at radius 3 is 2.39 bits per heavy atom. The first-order chi connectivity index (χ1) is 17.7. The first-order valence-corrected chi connectivity index (χ1v) is 12.5. The van der Waals surface area contributed by atoms with Gasteiger partial charge >= 0.3 is 5.97 Å². The Bertz CT molecular complexity index is 1260. The number of carbonyl (C=O) groups excluding carboxylic acids is 1. The highest BCUT2D eigenvalue weighted by molar-refractivity contribution is 5.92. The van der Waals surface area contributed by atoms with Crippen LogP contribution in [0.2, 0.25) is 0 Å². The molecule has 0 unspecified atom stereocenters. The van der Waals surface area contributed by atoms with Gasteiger partial charge in [0.25, 0.3) is 0 Å². The summed E-state index contributed by atoms with van der Waals surface area (Å²) < 4.78 is 17.2. The lowest BCUT2D eigenvalue weighted by Crippen LogP contribution is -2.12. The van der Waals surface area contributed by atoms with Crippen molar-refractivity contribution >= 4 is 16.9 Å². The summed E-state index contributed by atoms with van der Waals surface area (Å²) in [5, 5.41) is 1.14. The van der Waals surface area contributed by atoms with Gasteiger partial charge in [0.1, 0.15) is 6.61 Å². The van der Waals surface area contributed by atoms with E-state index in [4.69, 9.17) is 14.2 Å². The van der Waals surface area contributed by atoms with Crippen molar-refractivity contribution in [3.8, 4) is 0 Å². The number of aryl methyl sites for hydroxylation is 1. The standard InChI is InChI=1S/C31H33NO4/c1-24-10-9-14-27(30(24)31(33)36-22-25-11-3-2-4-12-25)18-21-34-19-7-8-20-35-23-28-17-16-26-13-5-6-15-29(26)32-28/h2-6,9-17H,7-8,18-23H2,1H3. The van der Waals surface area contributed by atoms with Crippen molar-refractivity contribution in [3.05, 3.63) is 113 Å². The molecule has 0 saturated heterocycles. The van der Waals surface area contributed by atoms with E-state index in [1.54, 1.807) is 0 Å². The minimum absolute atomic E-state index is 0.267. The van der Waals surface area contributed by atoms with Gasteiger partial charge < -0.3 is 14.2 Å². The Labute approximate surface area is 213 Å². The molecule has 1 aromatic heterocycles. The number of pyridine rings is 1. The number of benzene rings is 3. The van der Waals surface area contributed by atoms with Crippen LogP contribution in [0.4, 0.5) is 0 Å². The summed E-state index contributed by atoms with van der Waals surface area (Å²) in [5.74, 6) is -0.287. The largest absolute Gasteiger partial charge is 0.457 e. The zero-order chi connectivity index (χ0) is 25.0. The summed E-state index contributed by atoms with van der Waals surface area (Å²) in [7, 11) is 0. The van der Waals surface area contributed by atoms with Crippen molar-refractivity contribution < 1.29 is 19.0 Å². The van der Waals surface area contributed by atoms with E-state index in [1.807, 2.05) is 79.7 Å². The molecule has 0 fully saturated rings. The first-order valence-electron chi connectivity index (χ1n) is 12.5. The van der Waals surface area contributed by atoms with Gasteiger partial charge in [-0.3, -0.25) is 4.98 Å². The van der Waals surface area contributed by atoms with E-state index in [0.29, 0.717) is 38.4 Å². The monoisotopic (exact) mass is 483 g/mol. The number of ether oxygens (including phenoxy) is 3. The fraction of sp³-hybridized carbons (Fsp3) is 0.290. The molecule has 4 aromatic rings. The Balaban J connectivity index is 1.13. The molecule has 3 aromatic carbocycles. The number of esters is 1. The van der Waals surface area contributed by atoms with E-state index in [1.165, 1.54) is 0 Å². The van der Waals surface area contributed by atoms with E-state index in [0.717, 1.165) is 46.1 Å². The van der Waals surface area contributed by atoms with Crippen LogP contribution in [0.15, 0.2) is 84.9 Å². The third-order valence-electron chi connectivity index (χ3n) is 6.03. The summed E-state index contributed by atoms with van der Waals surface area (Å²) in [6.45, 7) is 4.62. The van der Waals surface area contributed by atoms with E-state index < -0.39 is 0 Å². The molecule has 0 radical (unpaired) electrons. The number of aromatic nitrogens is 1. The lowest BCUT2D eigenvalue weighted by Gasteiger charge is -2.13. The minimum atomic E-state index is -0.287. The number of carbonyl (C=O) groups is 1. The predicted octanol–water partition coefficient (Wildman–Crippen LogP) is 6.46. The number of nitrogens with zero attached hydrogens (tertiary/aromatic N) is 1. The molecule has 0 spiro atoms. The molecular weight excluding hydrogens is 450 g/mol. The highest BCUT2D eigenvalue weighted by Gasteiger charge is 2.15. The third-order valence-corrected chi connectivity index (χ3v) is 6.03. The lowest BCUT2D eigenvalue weighted by atomic mass is 10.00. The second-order valence-corrected chi connectivity index (χ2v) is 8.79. The molecule has 5 nitrogen and oxygen atoms in total. The summed E-state index contributed by atoms with van der Waals surface area (Å²) in [4.78, 5) is 17.4. The first kappa shape index (κ1) is 25.5. The summed E-state index contributed by atoms with van der Waals surface area (Å²) in [6, 6.07) is 27.8. The Morgan fingerprint density at radius 2 is 1.53 bits per heavy atom. The maximum absolute atomic E-state index is 12.8. The highest BCUT2D eigenvalue weighted by Crippen LogP contribution is 2.18. The molecule has 0 aliphatic rings. The van der Waals surface area contributed by atoms with Gasteiger partial charge in [-0.15, -0.1) is 0 Å². The molecule has 0 aliphatic carbocycles. The van der Waals surface area contributed by atoms with Crippen molar-refractivity contribution in [3.63, 3.8) is 0 Å². The van der Waals surface area contributed by atoms with Crippen molar-refractivity contribution in [2.45, 2.75) is 39.4 Å². The van der Waals surface area contributed by atoms with Gasteiger partial charge in [-0.25, -0.2) is 4.79 Å². The highest BCUT2D eigenvalue weighted by atomic mass is 16.5. The molecular formula is C31H33NO4. The van der Waals surface area contributed by atoms with Crippen LogP contribution in [-0.2, 0) is 33.8 Å². The van der Waals surface area contributed by atoms with Crippen LogP contribution in [0.5, 0.6) is 0 Å². The Morgan fingerprint density at radius 1 is 0.750 bits per heavy atom. The average molecular weight is 484 g/mol. The normalized spacial score (nSPS) is 11.0. The smallest absolute Gasteiger partial charge is 0.339 e. The van der Waals surface area contributed by atoms with Gasteiger partial charge in [-0.2, -0.15) is 0 Å². The topological polar surface area (TPSA) is 57.7 Å². The van der Waals surface area contributed by atoms with Crippen LogP contribution in [0.1, 0.15) is 45.6 Å². The van der Waals surface area contributed by atoms with Crippen LogP contribution in [0.25, 0.3) is 10.9 Å². The minimum Gasteiger partial charge on any atom is -0.457 e. The summed E-state index contributed by atoms with van der Waals surface area (Å²) in [6.07, 6.45) is 2.52. The third kappa shape index (κ3) is 7.48. The van der Waals surface area contributed by atoms with E-state index in [9.17, 15) is 4.79 Å². The van der Waals surface area contributed by atoms with Gasteiger partial charge in [0, 0.05) is 18.6 Å². The molecule has 0 aliphatic heterocycles. The molecule has 186 valence electrons. The SMILES string of the molecule is Cc1cccc(CCOCCCCOCc2ccc3ccccc3n2)c1C(=O)OCc1ccccc1. The van der Waals surface area contributed by atoms with Crippen LogP contribution in [-0.4, -0.2) is 30.8 Å². The van der Waals surface area contributed by atoms with Crippen LogP contribution < -0.4 is 0 Å². The second kappa shape index (κ2) is 13.5. The second-order valence-electron chi connectivity index (χ2n) is 8.79. The van der Waals surface area contributed by atoms with Gasteiger partial charge in [0.2, 0.25) is 0 Å². The van der Waals surface area contributed by atoms with Crippen LogP contribution in [0, 0.1) is 6.92 Å². The molecule has 0 atom stereocenters. The average Bonchev–Trinajstić information content (AvgIpc) is 2.91. The Kier molecular flexibility index (Phi) is 9.60. The number of fused-ring (bicyclic) bond motifs is 1. The fourth-order valence-electron chi connectivity index (χ4n) is 4.08. The molecule has 4 rings (SSSR count). The van der Waals surface area contributed by atoms with E-state index >= 15 is 0 Å². The van der Waals surface area contributed by atoms with Gasteiger partial charge in [-0.1, -0.05) is 72.8 Å². The van der Waals surface area contributed by atoms with Crippen molar-refractivity contribution in [2.24, 2.45) is 0 Å². The molecule has 0 bridgehead atoms. The quantitative estimate of drug-likeness (QED) is 0.161. The summed E-state index contributed by atoms with van der Waals surface area (Å²) in [5.41, 5.74) is 5.44. The summed E-state index contributed by atoms with van der Waals surface area (Å²) >= 11 is 0. The molecule has 36 heavy (non-hydrogen) atoms. The maximum Gasteiger partial charge on any atom is 0.339 e. The van der Waals surface area contributed by atoms with Crippen molar-refractivity contribution in [2.75, 3.05) is 19.8 Å². The molecule has 5 heteroatoms. The number of rotatable bonds is 13. The predicted molar refractivity (Wildman–Crippen MR) is 142 cm³/mol. The van der Waals surface area contributed by atoms with Crippen molar-refractivity contribution in [1.82, 2.24) is 4.98 Å². The van der Waals surface area contributed by atoms with Gasteiger partial charge in [0.05, 0.1) is 30.0 Å². The van der Waals surface area contributed by atoms with Crippen molar-refractivity contribution in [1.29, 1.82) is 0 Å². The van der Waals surface area contributed by atoms with E-state index in [-0.39, 0.29) is 12.6 Å². The molecule has 1 heterocycles. The van der Waals surface area contributed by atoms with E-state index in [2.05, 4.69) is 17.1 Å². The maximum atomic E-state index is 12.8.